The van der Waals surface area contributed by atoms with Crippen LogP contribution in [0, 0.1) is 5.92 Å². The number of carbonyl (C=O) groups excluding carboxylic acids is 1. The highest BCUT2D eigenvalue weighted by atomic mass is 32.2. The number of amides is 1. The van der Waals surface area contributed by atoms with Gasteiger partial charge < -0.3 is 10.6 Å². The van der Waals surface area contributed by atoms with Crippen LogP contribution in [-0.4, -0.2) is 45.1 Å². The van der Waals surface area contributed by atoms with Gasteiger partial charge in [-0.1, -0.05) is 0 Å². The van der Waals surface area contributed by atoms with Gasteiger partial charge in [-0.2, -0.15) is 0 Å². The Morgan fingerprint density at radius 3 is 2.29 bits per heavy atom. The molecular weight excluding hydrogens is 288 g/mol. The lowest BCUT2D eigenvalue weighted by atomic mass is 9.93. The highest BCUT2D eigenvalue weighted by molar-refractivity contribution is 7.90. The maximum Gasteiger partial charge on any atom is 0.253 e. The summed E-state index contributed by atoms with van der Waals surface area (Å²) in [6.07, 6.45) is 4.16. The molecule has 0 aliphatic carbocycles. The first kappa shape index (κ1) is 16.0. The molecule has 0 radical (unpaired) electrons. The fourth-order valence-electron chi connectivity index (χ4n) is 2.69. The topological polar surface area (TPSA) is 80.5 Å². The predicted octanol–water partition coefficient (Wildman–Crippen LogP) is 1.29. The van der Waals surface area contributed by atoms with Gasteiger partial charge in [0.1, 0.15) is 0 Å². The largest absolute Gasteiger partial charge is 0.339 e. The van der Waals surface area contributed by atoms with E-state index in [4.69, 9.17) is 5.73 Å². The quantitative estimate of drug-likeness (QED) is 0.908. The van der Waals surface area contributed by atoms with E-state index >= 15 is 0 Å². The molecule has 1 fully saturated rings. The molecular formula is C15H22N2O3S. The van der Waals surface area contributed by atoms with Crippen LogP contribution in [0.1, 0.15) is 29.6 Å². The number of hydrogen-bond donors (Lipinski definition) is 1. The minimum Gasteiger partial charge on any atom is -0.339 e. The molecule has 5 nitrogen and oxygen atoms in total. The van der Waals surface area contributed by atoms with E-state index in [2.05, 4.69) is 0 Å². The van der Waals surface area contributed by atoms with Gasteiger partial charge in [-0.25, -0.2) is 8.42 Å². The number of nitrogens with two attached hydrogens (primary N) is 1. The van der Waals surface area contributed by atoms with Gasteiger partial charge >= 0.3 is 0 Å². The number of rotatable bonds is 4. The lowest BCUT2D eigenvalue weighted by Gasteiger charge is -2.32. The normalized spacial score (nSPS) is 17.0. The summed E-state index contributed by atoms with van der Waals surface area (Å²) in [5.41, 5.74) is 6.11. The minimum atomic E-state index is -3.22. The van der Waals surface area contributed by atoms with Gasteiger partial charge in [0.15, 0.2) is 9.84 Å². The fraction of sp³-hybridized carbons (Fsp3) is 0.533. The van der Waals surface area contributed by atoms with E-state index < -0.39 is 9.84 Å². The molecule has 6 heteroatoms. The zero-order valence-corrected chi connectivity index (χ0v) is 13.1. The Morgan fingerprint density at radius 1 is 1.24 bits per heavy atom. The van der Waals surface area contributed by atoms with Crippen molar-refractivity contribution in [3.8, 4) is 0 Å². The molecule has 0 unspecified atom stereocenters. The second kappa shape index (κ2) is 6.58. The van der Waals surface area contributed by atoms with E-state index in [9.17, 15) is 13.2 Å². The molecule has 0 aromatic heterocycles. The number of benzene rings is 1. The molecule has 1 heterocycles. The van der Waals surface area contributed by atoms with Crippen molar-refractivity contribution in [3.63, 3.8) is 0 Å². The molecule has 1 aromatic carbocycles. The van der Waals surface area contributed by atoms with E-state index in [0.29, 0.717) is 18.0 Å². The first-order valence-corrected chi connectivity index (χ1v) is 9.10. The number of hydrogen-bond acceptors (Lipinski definition) is 4. The molecule has 1 amide bonds. The molecule has 2 rings (SSSR count). The molecule has 116 valence electrons. The van der Waals surface area contributed by atoms with Crippen molar-refractivity contribution in [2.24, 2.45) is 11.7 Å². The Bertz CT molecular complexity index is 588. The fourth-order valence-corrected chi connectivity index (χ4v) is 3.32. The monoisotopic (exact) mass is 310 g/mol. The SMILES string of the molecule is CS(=O)(=O)c1ccc(C(=O)N2CCC(CCN)CC2)cc1. The smallest absolute Gasteiger partial charge is 0.253 e. The van der Waals surface area contributed by atoms with Crippen molar-refractivity contribution in [2.75, 3.05) is 25.9 Å². The van der Waals surface area contributed by atoms with Gasteiger partial charge in [0.25, 0.3) is 5.91 Å². The minimum absolute atomic E-state index is 0.0266. The Labute approximate surface area is 126 Å². The molecule has 1 aliphatic rings. The van der Waals surface area contributed by atoms with Crippen molar-refractivity contribution in [2.45, 2.75) is 24.2 Å². The predicted molar refractivity (Wildman–Crippen MR) is 81.9 cm³/mol. The second-order valence-corrected chi connectivity index (χ2v) is 7.63. The van der Waals surface area contributed by atoms with Crippen LogP contribution in [0.25, 0.3) is 0 Å². The van der Waals surface area contributed by atoms with Crippen molar-refractivity contribution in [1.82, 2.24) is 4.90 Å². The zero-order valence-electron chi connectivity index (χ0n) is 12.3. The van der Waals surface area contributed by atoms with Crippen LogP contribution >= 0.6 is 0 Å². The molecule has 0 saturated carbocycles. The van der Waals surface area contributed by atoms with Crippen LogP contribution in [0.15, 0.2) is 29.2 Å². The first-order chi connectivity index (χ1) is 9.91. The van der Waals surface area contributed by atoms with Crippen molar-refractivity contribution < 1.29 is 13.2 Å². The number of piperidine rings is 1. The zero-order chi connectivity index (χ0) is 15.5. The summed E-state index contributed by atoms with van der Waals surface area (Å²) in [5.74, 6) is 0.591. The number of likely N-dealkylation sites (tertiary alicyclic amines) is 1. The van der Waals surface area contributed by atoms with Crippen LogP contribution in [-0.2, 0) is 9.84 Å². The summed E-state index contributed by atoms with van der Waals surface area (Å²) >= 11 is 0. The Hall–Kier alpha value is -1.40. The van der Waals surface area contributed by atoms with Crippen LogP contribution in [0.2, 0.25) is 0 Å². The highest BCUT2D eigenvalue weighted by Crippen LogP contribution is 2.21. The van der Waals surface area contributed by atoms with Gasteiger partial charge in [-0.05, 0) is 56.0 Å². The van der Waals surface area contributed by atoms with Crippen LogP contribution < -0.4 is 5.73 Å². The van der Waals surface area contributed by atoms with Crippen molar-refractivity contribution in [3.05, 3.63) is 29.8 Å². The summed E-state index contributed by atoms with van der Waals surface area (Å²) in [6.45, 7) is 2.19. The van der Waals surface area contributed by atoms with Crippen LogP contribution in [0.5, 0.6) is 0 Å². The third-order valence-electron chi connectivity index (χ3n) is 4.01. The molecule has 0 bridgehead atoms. The van der Waals surface area contributed by atoms with E-state index in [-0.39, 0.29) is 10.8 Å². The Kier molecular flexibility index (Phi) is 5.00. The maximum atomic E-state index is 12.4. The summed E-state index contributed by atoms with van der Waals surface area (Å²) in [5, 5.41) is 0. The summed E-state index contributed by atoms with van der Waals surface area (Å²) < 4.78 is 22.8. The first-order valence-electron chi connectivity index (χ1n) is 7.21. The molecule has 21 heavy (non-hydrogen) atoms. The molecule has 1 aromatic rings. The third kappa shape index (κ3) is 4.04. The average Bonchev–Trinajstić information content (AvgIpc) is 2.47. The van der Waals surface area contributed by atoms with Crippen molar-refractivity contribution in [1.29, 1.82) is 0 Å². The Balaban J connectivity index is 2.01. The summed E-state index contributed by atoms with van der Waals surface area (Å²) in [6, 6.07) is 6.16. The summed E-state index contributed by atoms with van der Waals surface area (Å²) in [4.78, 5) is 14.4. The van der Waals surface area contributed by atoms with Gasteiger partial charge in [-0.3, -0.25) is 4.79 Å². The molecule has 2 N–H and O–H groups in total. The lowest BCUT2D eigenvalue weighted by molar-refractivity contribution is 0.0688. The van der Waals surface area contributed by atoms with E-state index in [1.54, 1.807) is 12.1 Å². The van der Waals surface area contributed by atoms with Crippen LogP contribution in [0.4, 0.5) is 0 Å². The van der Waals surface area contributed by atoms with E-state index in [1.807, 2.05) is 4.90 Å². The molecule has 1 aliphatic heterocycles. The summed E-state index contributed by atoms with van der Waals surface area (Å²) in [7, 11) is -3.22. The van der Waals surface area contributed by atoms with Crippen LogP contribution in [0.3, 0.4) is 0 Å². The standard InChI is InChI=1S/C15H22N2O3S/c1-21(19,20)14-4-2-13(3-5-14)15(18)17-10-7-12(6-9-16)8-11-17/h2-5,12H,6-11,16H2,1H3. The van der Waals surface area contributed by atoms with Crippen molar-refractivity contribution >= 4 is 15.7 Å². The van der Waals surface area contributed by atoms with Gasteiger partial charge in [0.05, 0.1) is 4.90 Å². The lowest BCUT2D eigenvalue weighted by Crippen LogP contribution is -2.38. The van der Waals surface area contributed by atoms with Gasteiger partial charge in [0, 0.05) is 24.9 Å². The molecule has 1 saturated heterocycles. The third-order valence-corrected chi connectivity index (χ3v) is 5.13. The molecule has 0 atom stereocenters. The maximum absolute atomic E-state index is 12.4. The number of carbonyl (C=O) groups is 1. The van der Waals surface area contributed by atoms with Gasteiger partial charge in [-0.15, -0.1) is 0 Å². The average molecular weight is 310 g/mol. The molecule has 0 spiro atoms. The Morgan fingerprint density at radius 2 is 1.81 bits per heavy atom. The number of nitrogens with zero attached hydrogens (tertiary/aromatic N) is 1. The second-order valence-electron chi connectivity index (χ2n) is 5.61. The van der Waals surface area contributed by atoms with E-state index in [0.717, 1.165) is 38.6 Å². The highest BCUT2D eigenvalue weighted by Gasteiger charge is 2.23. The number of sulfone groups is 1. The van der Waals surface area contributed by atoms with Gasteiger partial charge in [0.2, 0.25) is 0 Å². The van der Waals surface area contributed by atoms with E-state index in [1.165, 1.54) is 12.1 Å².